The van der Waals surface area contributed by atoms with Crippen LogP contribution in [0.5, 0.6) is 0 Å². The van der Waals surface area contributed by atoms with Gasteiger partial charge in [0.2, 0.25) is 0 Å². The Morgan fingerprint density at radius 1 is 1.72 bits per heavy atom. The summed E-state index contributed by atoms with van der Waals surface area (Å²) in [6, 6.07) is 0. The second kappa shape index (κ2) is 5.15. The molecule has 1 aliphatic heterocycles. The largest absolute Gasteiger partial charge is 0.394 e. The van der Waals surface area contributed by atoms with E-state index in [0.29, 0.717) is 10.2 Å². The zero-order valence-electron chi connectivity index (χ0n) is 9.57. The molecule has 0 bridgehead atoms. The van der Waals surface area contributed by atoms with Crippen LogP contribution in [0, 0.1) is 4.64 Å². The summed E-state index contributed by atoms with van der Waals surface area (Å²) < 4.78 is 7.02. The molecule has 1 aliphatic rings. The van der Waals surface area contributed by atoms with Gasteiger partial charge in [-0.3, -0.25) is 9.55 Å². The summed E-state index contributed by atoms with van der Waals surface area (Å²) in [5, 5.41) is 18.6. The first-order chi connectivity index (χ1) is 8.56. The molecular formula is C11H14N2O4S. The number of nitrogens with zero attached hydrogens (tertiary/aromatic N) is 1. The van der Waals surface area contributed by atoms with Crippen LogP contribution in [0.15, 0.2) is 17.6 Å². The van der Waals surface area contributed by atoms with E-state index < -0.39 is 24.1 Å². The number of rotatable bonds is 3. The van der Waals surface area contributed by atoms with Gasteiger partial charge in [-0.2, -0.15) is 0 Å². The van der Waals surface area contributed by atoms with Gasteiger partial charge in [-0.15, -0.1) is 0 Å². The van der Waals surface area contributed by atoms with Gasteiger partial charge in [0.25, 0.3) is 0 Å². The highest BCUT2D eigenvalue weighted by molar-refractivity contribution is 7.71. The first-order valence-electron chi connectivity index (χ1n) is 5.49. The summed E-state index contributed by atoms with van der Waals surface area (Å²) in [6.07, 6.45) is 1.23. The zero-order valence-corrected chi connectivity index (χ0v) is 10.4. The fraction of sp³-hybridized carbons (Fsp3) is 0.455. The third-order valence-electron chi connectivity index (χ3n) is 2.91. The first kappa shape index (κ1) is 13.2. The monoisotopic (exact) mass is 270 g/mol. The summed E-state index contributed by atoms with van der Waals surface area (Å²) >= 11 is 4.97. The van der Waals surface area contributed by atoms with Crippen LogP contribution in [0.2, 0.25) is 0 Å². The SMILES string of the molecule is C=Cc1cn([C@H]2C[C@H](O)[C@@H](CO)O2)c(=O)[nH]c1=S. The number of nitrogens with one attached hydrogen (secondary N) is 1. The Balaban J connectivity index is 2.38. The Hall–Kier alpha value is -1.28. The van der Waals surface area contributed by atoms with Crippen LogP contribution < -0.4 is 5.69 Å². The number of aliphatic hydroxyl groups excluding tert-OH is 2. The van der Waals surface area contributed by atoms with Crippen LogP contribution >= 0.6 is 12.2 Å². The van der Waals surface area contributed by atoms with Crippen molar-refractivity contribution in [1.29, 1.82) is 0 Å². The van der Waals surface area contributed by atoms with Crippen LogP contribution in [0.4, 0.5) is 0 Å². The molecule has 6 nitrogen and oxygen atoms in total. The van der Waals surface area contributed by atoms with Crippen molar-refractivity contribution >= 4 is 18.3 Å². The van der Waals surface area contributed by atoms with Crippen LogP contribution in [-0.4, -0.2) is 38.6 Å². The number of hydrogen-bond acceptors (Lipinski definition) is 5. The summed E-state index contributed by atoms with van der Waals surface area (Å²) in [4.78, 5) is 14.3. The molecule has 0 amide bonds. The fourth-order valence-electron chi connectivity index (χ4n) is 1.91. The van der Waals surface area contributed by atoms with E-state index in [0.717, 1.165) is 0 Å². The van der Waals surface area contributed by atoms with Gasteiger partial charge in [0.05, 0.1) is 12.7 Å². The lowest BCUT2D eigenvalue weighted by Gasteiger charge is -2.15. The quantitative estimate of drug-likeness (QED) is 0.682. The third-order valence-corrected chi connectivity index (χ3v) is 3.25. The number of H-pyrrole nitrogens is 1. The second-order valence-electron chi connectivity index (χ2n) is 4.07. The van der Waals surface area contributed by atoms with Crippen molar-refractivity contribution in [2.24, 2.45) is 0 Å². The Bertz CT molecular complexity index is 565. The predicted octanol–water partition coefficient (Wildman–Crippen LogP) is 0.190. The molecule has 1 fully saturated rings. The average molecular weight is 270 g/mol. The molecular weight excluding hydrogens is 256 g/mol. The lowest BCUT2D eigenvalue weighted by molar-refractivity contribution is -0.0459. The normalized spacial score (nSPS) is 27.3. The maximum Gasteiger partial charge on any atom is 0.328 e. The Morgan fingerprint density at radius 3 is 3.00 bits per heavy atom. The number of aromatic amines is 1. The molecule has 0 aromatic carbocycles. The van der Waals surface area contributed by atoms with Gasteiger partial charge in [-0.05, 0) is 0 Å². The van der Waals surface area contributed by atoms with Gasteiger partial charge in [0.15, 0.2) is 0 Å². The van der Waals surface area contributed by atoms with E-state index in [1.165, 1.54) is 16.8 Å². The van der Waals surface area contributed by atoms with Crippen LogP contribution in [0.3, 0.4) is 0 Å². The molecule has 2 rings (SSSR count). The van der Waals surface area contributed by atoms with Gasteiger partial charge in [-0.25, -0.2) is 4.79 Å². The number of aromatic nitrogens is 2. The second-order valence-corrected chi connectivity index (χ2v) is 4.48. The van der Waals surface area contributed by atoms with Crippen LogP contribution in [0.1, 0.15) is 18.2 Å². The van der Waals surface area contributed by atoms with E-state index in [2.05, 4.69) is 11.6 Å². The van der Waals surface area contributed by atoms with Gasteiger partial charge in [-0.1, -0.05) is 24.9 Å². The molecule has 0 aliphatic carbocycles. The topological polar surface area (TPSA) is 87.5 Å². The number of ether oxygens (including phenoxy) is 1. The summed E-state index contributed by atoms with van der Waals surface area (Å²) in [6.45, 7) is 3.31. The van der Waals surface area contributed by atoms with E-state index in [9.17, 15) is 9.90 Å². The molecule has 3 N–H and O–H groups in total. The predicted molar refractivity (Wildman–Crippen MR) is 67.6 cm³/mol. The van der Waals surface area contributed by atoms with Gasteiger partial charge < -0.3 is 14.9 Å². The van der Waals surface area contributed by atoms with Crippen molar-refractivity contribution in [2.75, 3.05) is 6.61 Å². The third kappa shape index (κ3) is 2.30. The first-order valence-corrected chi connectivity index (χ1v) is 5.90. The number of aliphatic hydroxyl groups is 2. The summed E-state index contributed by atoms with van der Waals surface area (Å²) in [5.41, 5.74) is 0.191. The summed E-state index contributed by atoms with van der Waals surface area (Å²) in [7, 11) is 0. The van der Waals surface area contributed by atoms with Crippen molar-refractivity contribution in [1.82, 2.24) is 9.55 Å². The Morgan fingerprint density at radius 2 is 2.44 bits per heavy atom. The molecule has 1 aromatic heterocycles. The molecule has 7 heteroatoms. The van der Waals surface area contributed by atoms with E-state index in [1.54, 1.807) is 0 Å². The molecule has 0 unspecified atom stereocenters. The zero-order chi connectivity index (χ0) is 13.3. The molecule has 3 atom stereocenters. The number of hydrogen-bond donors (Lipinski definition) is 3. The summed E-state index contributed by atoms with van der Waals surface area (Å²) in [5.74, 6) is 0. The fourth-order valence-corrected chi connectivity index (χ4v) is 2.13. The maximum atomic E-state index is 11.8. The highest BCUT2D eigenvalue weighted by Crippen LogP contribution is 2.27. The Labute approximate surface area is 108 Å². The average Bonchev–Trinajstić information content (AvgIpc) is 2.70. The molecule has 1 saturated heterocycles. The highest BCUT2D eigenvalue weighted by Gasteiger charge is 2.34. The van der Waals surface area contributed by atoms with Crippen molar-refractivity contribution in [3.05, 3.63) is 33.5 Å². The van der Waals surface area contributed by atoms with E-state index >= 15 is 0 Å². The van der Waals surface area contributed by atoms with Crippen LogP contribution in [0.25, 0.3) is 6.08 Å². The van der Waals surface area contributed by atoms with Gasteiger partial charge in [0, 0.05) is 18.2 Å². The standard InChI is InChI=1S/C11H14N2O4S/c1-2-6-4-13(11(16)12-10(6)18)9-3-7(15)8(5-14)17-9/h2,4,7-9,14-15H,1,3,5H2,(H,12,16,18)/t7-,8+,9+/m0/s1. The van der Waals surface area contributed by atoms with Crippen molar-refractivity contribution in [3.8, 4) is 0 Å². The lowest BCUT2D eigenvalue weighted by Crippen LogP contribution is -2.28. The van der Waals surface area contributed by atoms with Gasteiger partial charge in [0.1, 0.15) is 17.0 Å². The highest BCUT2D eigenvalue weighted by atomic mass is 32.1. The van der Waals surface area contributed by atoms with Gasteiger partial charge >= 0.3 is 5.69 Å². The molecule has 0 saturated carbocycles. The van der Waals surface area contributed by atoms with Crippen molar-refractivity contribution in [2.45, 2.75) is 24.9 Å². The van der Waals surface area contributed by atoms with Crippen LogP contribution in [-0.2, 0) is 4.74 Å². The van der Waals surface area contributed by atoms with Crippen molar-refractivity contribution in [3.63, 3.8) is 0 Å². The Kier molecular flexibility index (Phi) is 3.76. The molecule has 18 heavy (non-hydrogen) atoms. The molecule has 2 heterocycles. The maximum absolute atomic E-state index is 11.8. The minimum atomic E-state index is -0.790. The minimum Gasteiger partial charge on any atom is -0.394 e. The lowest BCUT2D eigenvalue weighted by atomic mass is 10.2. The van der Waals surface area contributed by atoms with Crippen molar-refractivity contribution < 1.29 is 14.9 Å². The van der Waals surface area contributed by atoms with E-state index in [-0.39, 0.29) is 13.0 Å². The van der Waals surface area contributed by atoms with E-state index in [4.69, 9.17) is 22.1 Å². The minimum absolute atomic E-state index is 0.242. The molecule has 0 spiro atoms. The molecule has 0 radical (unpaired) electrons. The smallest absolute Gasteiger partial charge is 0.328 e. The molecule has 1 aromatic rings. The molecule has 98 valence electrons. The van der Waals surface area contributed by atoms with E-state index in [1.807, 2.05) is 0 Å².